The third kappa shape index (κ3) is 5.04. The number of nitriles is 1. The molecule has 0 amide bonds. The lowest BCUT2D eigenvalue weighted by atomic mass is 9.69. The van der Waals surface area contributed by atoms with E-state index < -0.39 is 5.44 Å². The summed E-state index contributed by atoms with van der Waals surface area (Å²) in [5.41, 5.74) is 1.77. The van der Waals surface area contributed by atoms with E-state index in [0.29, 0.717) is 56.6 Å². The van der Waals surface area contributed by atoms with Gasteiger partial charge in [-0.3, -0.25) is 4.98 Å². The fourth-order valence-electron chi connectivity index (χ4n) is 5.27. The predicted molar refractivity (Wildman–Crippen MR) is 148 cm³/mol. The number of anilines is 2. The number of halogens is 2. The van der Waals surface area contributed by atoms with Crippen molar-refractivity contribution in [3.05, 3.63) is 76.5 Å². The van der Waals surface area contributed by atoms with Gasteiger partial charge in [0.25, 0.3) is 0 Å². The Morgan fingerprint density at radius 1 is 1.18 bits per heavy atom. The van der Waals surface area contributed by atoms with E-state index in [1.54, 1.807) is 22.9 Å². The zero-order valence-corrected chi connectivity index (χ0v) is 21.9. The molecule has 2 aliphatic rings. The Labute approximate surface area is 231 Å². The van der Waals surface area contributed by atoms with Crippen LogP contribution in [-0.4, -0.2) is 45.1 Å². The minimum atomic E-state index is -1.36. The molecule has 0 spiro atoms. The average molecular weight is 542 g/mol. The molecule has 39 heavy (non-hydrogen) atoms. The molecule has 0 aliphatic heterocycles. The largest absolute Gasteiger partial charge is 0.393 e. The normalized spacial score (nSPS) is 20.8. The van der Waals surface area contributed by atoms with Gasteiger partial charge in [-0.2, -0.15) is 5.26 Å². The first-order chi connectivity index (χ1) is 18.8. The van der Waals surface area contributed by atoms with E-state index in [9.17, 15) is 14.8 Å². The van der Waals surface area contributed by atoms with Crippen molar-refractivity contribution in [2.45, 2.75) is 62.2 Å². The molecule has 2 heterocycles. The highest BCUT2D eigenvalue weighted by molar-refractivity contribution is 6.36. The van der Waals surface area contributed by atoms with Crippen molar-refractivity contribution in [3.63, 3.8) is 0 Å². The third-order valence-corrected chi connectivity index (χ3v) is 7.80. The van der Waals surface area contributed by atoms with Crippen LogP contribution in [0.15, 0.2) is 48.8 Å². The minimum Gasteiger partial charge on any atom is -0.393 e. The molecule has 0 saturated heterocycles. The van der Waals surface area contributed by atoms with Gasteiger partial charge in [0.15, 0.2) is 0 Å². The molecule has 2 fully saturated rings. The second-order valence-corrected chi connectivity index (χ2v) is 10.8. The molecular formula is C28H26BClFN7O. The molecule has 2 aromatic carbocycles. The van der Waals surface area contributed by atoms with Crippen LogP contribution in [0.4, 0.5) is 15.8 Å². The number of nitrogens with zero attached hydrogens (tertiary/aromatic N) is 5. The lowest BCUT2D eigenvalue weighted by molar-refractivity contribution is 0.124. The van der Waals surface area contributed by atoms with Crippen LogP contribution in [0.2, 0.25) is 5.02 Å². The minimum absolute atomic E-state index is 0.00659. The van der Waals surface area contributed by atoms with Crippen molar-refractivity contribution in [1.82, 2.24) is 20.0 Å². The summed E-state index contributed by atoms with van der Waals surface area (Å²) >= 11 is 6.72. The van der Waals surface area contributed by atoms with Gasteiger partial charge in [-0.15, -0.1) is 5.10 Å². The van der Waals surface area contributed by atoms with Crippen LogP contribution < -0.4 is 10.6 Å². The number of aliphatic hydroxyl groups excluding tert-OH is 1. The van der Waals surface area contributed by atoms with Crippen LogP contribution in [0, 0.1) is 17.1 Å². The molecule has 2 aliphatic carbocycles. The number of benzene rings is 2. The van der Waals surface area contributed by atoms with Gasteiger partial charge in [0.05, 0.1) is 45.6 Å². The van der Waals surface area contributed by atoms with Gasteiger partial charge < -0.3 is 15.7 Å². The highest BCUT2D eigenvalue weighted by atomic mass is 35.5. The van der Waals surface area contributed by atoms with E-state index >= 15 is 0 Å². The number of aliphatic hydroxyl groups is 1. The number of aromatic nitrogens is 4. The van der Waals surface area contributed by atoms with Crippen LogP contribution in [0.3, 0.4) is 0 Å². The van der Waals surface area contributed by atoms with Gasteiger partial charge in [-0.25, -0.2) is 9.07 Å². The molecule has 2 saturated carbocycles. The fraction of sp³-hybridized carbons (Fsp3) is 0.357. The summed E-state index contributed by atoms with van der Waals surface area (Å²) in [7, 11) is 7.01. The molecule has 2 radical (unpaired) electrons. The van der Waals surface area contributed by atoms with E-state index in [1.165, 1.54) is 18.3 Å². The second-order valence-electron chi connectivity index (χ2n) is 10.4. The molecule has 196 valence electrons. The Hall–Kier alpha value is -3.68. The van der Waals surface area contributed by atoms with Gasteiger partial charge in [-0.05, 0) is 68.4 Å². The van der Waals surface area contributed by atoms with E-state index in [1.807, 2.05) is 12.3 Å². The summed E-state index contributed by atoms with van der Waals surface area (Å²) in [4.78, 5) is 4.44. The van der Waals surface area contributed by atoms with E-state index in [-0.39, 0.29) is 18.0 Å². The van der Waals surface area contributed by atoms with Crippen molar-refractivity contribution in [3.8, 4) is 6.07 Å². The van der Waals surface area contributed by atoms with E-state index in [2.05, 4.69) is 32.0 Å². The number of hydrogen-bond donors (Lipinski definition) is 3. The molecule has 8 nitrogen and oxygen atoms in total. The number of rotatable bonds is 7. The Morgan fingerprint density at radius 3 is 2.69 bits per heavy atom. The molecule has 0 bridgehead atoms. The van der Waals surface area contributed by atoms with Crippen LogP contribution in [0.5, 0.6) is 0 Å². The van der Waals surface area contributed by atoms with Crippen LogP contribution in [0.1, 0.15) is 61.4 Å². The van der Waals surface area contributed by atoms with Crippen LogP contribution in [0.25, 0.3) is 10.9 Å². The highest BCUT2D eigenvalue weighted by Gasteiger charge is 2.34. The highest BCUT2D eigenvalue weighted by Crippen LogP contribution is 2.39. The summed E-state index contributed by atoms with van der Waals surface area (Å²) in [5.74, 6) is -0.380. The first kappa shape index (κ1) is 25.6. The van der Waals surface area contributed by atoms with Crippen molar-refractivity contribution in [2.75, 3.05) is 10.6 Å². The summed E-state index contributed by atoms with van der Waals surface area (Å²) in [6.07, 6.45) is 8.14. The van der Waals surface area contributed by atoms with Crippen molar-refractivity contribution in [2.24, 2.45) is 0 Å². The molecular weight excluding hydrogens is 516 g/mol. The summed E-state index contributed by atoms with van der Waals surface area (Å²) in [5, 5.41) is 36.5. The quantitative estimate of drug-likeness (QED) is 0.282. The van der Waals surface area contributed by atoms with Gasteiger partial charge in [0.2, 0.25) is 0 Å². The number of hydrogen-bond acceptors (Lipinski definition) is 7. The number of pyridine rings is 1. The first-order valence-electron chi connectivity index (χ1n) is 13.1. The zero-order valence-electron chi connectivity index (χ0n) is 21.1. The van der Waals surface area contributed by atoms with Gasteiger partial charge in [-0.1, -0.05) is 28.9 Å². The van der Waals surface area contributed by atoms with Crippen molar-refractivity contribution < 1.29 is 9.50 Å². The van der Waals surface area contributed by atoms with Crippen molar-refractivity contribution in [1.29, 1.82) is 5.26 Å². The maximum Gasteiger partial charge on any atom is 0.123 e. The van der Waals surface area contributed by atoms with E-state index in [0.717, 1.165) is 32.1 Å². The number of nitrogens with one attached hydrogen (secondary N) is 2. The van der Waals surface area contributed by atoms with Gasteiger partial charge >= 0.3 is 0 Å². The Morgan fingerprint density at radius 2 is 1.97 bits per heavy atom. The fourth-order valence-corrected chi connectivity index (χ4v) is 5.54. The second kappa shape index (κ2) is 10.1. The lowest BCUT2D eigenvalue weighted by Crippen LogP contribution is -2.37. The summed E-state index contributed by atoms with van der Waals surface area (Å²) in [6.45, 7) is 0. The monoisotopic (exact) mass is 541 g/mol. The molecule has 1 unspecified atom stereocenters. The molecule has 4 aromatic rings. The molecule has 2 aromatic heterocycles. The van der Waals surface area contributed by atoms with E-state index in [4.69, 9.17) is 19.4 Å². The Bertz CT molecular complexity index is 1570. The predicted octanol–water partition coefficient (Wildman–Crippen LogP) is 5.02. The summed E-state index contributed by atoms with van der Waals surface area (Å²) < 4.78 is 15.6. The molecule has 3 N–H and O–H groups in total. The molecule has 11 heteroatoms. The average Bonchev–Trinajstić information content (AvgIpc) is 3.65. The van der Waals surface area contributed by atoms with Crippen LogP contribution >= 0.6 is 11.6 Å². The van der Waals surface area contributed by atoms with Gasteiger partial charge in [0.1, 0.15) is 25.4 Å². The maximum absolute atomic E-state index is 13.8. The molecule has 6 rings (SSSR count). The standard InChI is InChI=1S/C28H26BClFN7O/c29-28(17-4-6-18(31)7-5-17,25-15-38(37-36-25)21-8-9-21)35-20-11-23-26(34-19-2-1-3-22(39)10-19)16(13-32)14-33-27(23)24(30)12-20/h4-7,11-12,14-15,19,21-22,35,39H,1-3,8-10H2,(H,33,34)/t19-,22-,28?/m1/s1. The SMILES string of the molecule is [B]C(Nc1cc(Cl)c2ncc(C#N)c(N[C@@H]3CCC[C@@H](O)C3)c2c1)(c1ccc(F)cc1)c1cn(C2CC2)nn1. The molecule has 3 atom stereocenters. The smallest absolute Gasteiger partial charge is 0.123 e. The third-order valence-electron chi connectivity index (χ3n) is 7.52. The van der Waals surface area contributed by atoms with Crippen molar-refractivity contribution >= 4 is 41.7 Å². The maximum atomic E-state index is 13.8. The van der Waals surface area contributed by atoms with Crippen LogP contribution in [-0.2, 0) is 5.44 Å². The summed E-state index contributed by atoms with van der Waals surface area (Å²) in [6, 6.07) is 12.0. The zero-order chi connectivity index (χ0) is 27.1. The number of fused-ring (bicyclic) bond motifs is 1. The van der Waals surface area contributed by atoms with Gasteiger partial charge in [0, 0.05) is 23.3 Å². The Kier molecular flexibility index (Phi) is 6.65. The topological polar surface area (TPSA) is 112 Å². The Balaban J connectivity index is 1.44. The lowest BCUT2D eigenvalue weighted by Gasteiger charge is -2.32. The first-order valence-corrected chi connectivity index (χ1v) is 13.4.